The molecule has 0 saturated carbocycles. The number of hydrogen-bond donors (Lipinski definition) is 2. The minimum Gasteiger partial charge on any atom is -0.480 e. The number of carboxylic acids is 1. The van der Waals surface area contributed by atoms with Gasteiger partial charge < -0.3 is 10.4 Å². The van der Waals surface area contributed by atoms with Crippen LogP contribution in [-0.2, 0) is 19.6 Å². The average Bonchev–Trinajstić information content (AvgIpc) is 2.35. The Kier molecular flexibility index (Phi) is 7.74. The van der Waals surface area contributed by atoms with Crippen LogP contribution in [-0.4, -0.2) is 54.6 Å². The van der Waals surface area contributed by atoms with Crippen LogP contribution in [0.25, 0.3) is 0 Å². The van der Waals surface area contributed by atoms with Gasteiger partial charge in [0.05, 0.1) is 0 Å². The van der Waals surface area contributed by atoms with Crippen LogP contribution >= 0.6 is 0 Å². The number of aliphatic carboxylic acids is 1. The molecule has 0 aliphatic carbocycles. The Morgan fingerprint density at radius 3 is 2.05 bits per heavy atom. The second kappa shape index (κ2) is 8.21. The minimum atomic E-state index is -3.70. The molecule has 0 heterocycles. The first-order valence-corrected chi connectivity index (χ1v) is 8.30. The first kappa shape index (κ1) is 18.9. The lowest BCUT2D eigenvalue weighted by Gasteiger charge is -2.22. The predicted octanol–water partition coefficient (Wildman–Crippen LogP) is 0.274. The summed E-state index contributed by atoms with van der Waals surface area (Å²) in [5.41, 5.74) is 0. The van der Waals surface area contributed by atoms with Gasteiger partial charge in [-0.3, -0.25) is 4.79 Å². The monoisotopic (exact) mass is 308 g/mol. The molecular weight excluding hydrogens is 284 g/mol. The zero-order valence-corrected chi connectivity index (χ0v) is 13.2. The zero-order valence-electron chi connectivity index (χ0n) is 12.4. The minimum absolute atomic E-state index is 0.271. The van der Waals surface area contributed by atoms with E-state index >= 15 is 0 Å². The predicted molar refractivity (Wildman–Crippen MR) is 75.7 cm³/mol. The fourth-order valence-corrected chi connectivity index (χ4v) is 3.16. The maximum Gasteiger partial charge on any atom is 0.326 e. The molecule has 0 aromatic carbocycles. The van der Waals surface area contributed by atoms with E-state index in [0.717, 1.165) is 0 Å². The molecule has 1 amide bonds. The Hall–Kier alpha value is -1.15. The molecule has 0 unspecified atom stereocenters. The van der Waals surface area contributed by atoms with Gasteiger partial charge in [-0.2, -0.15) is 0 Å². The van der Waals surface area contributed by atoms with E-state index in [1.807, 2.05) is 0 Å². The number of amides is 1. The van der Waals surface area contributed by atoms with Crippen LogP contribution < -0.4 is 5.32 Å². The number of sulfonamides is 1. The van der Waals surface area contributed by atoms with Crippen LogP contribution in [0.15, 0.2) is 0 Å². The highest BCUT2D eigenvalue weighted by Gasteiger charge is 2.28. The van der Waals surface area contributed by atoms with Crippen LogP contribution in [0.3, 0.4) is 0 Å². The lowest BCUT2D eigenvalue weighted by atomic mass is 9.99. The fraction of sp³-hybridized carbons (Fsp3) is 0.833. The Morgan fingerprint density at radius 2 is 1.70 bits per heavy atom. The van der Waals surface area contributed by atoms with Gasteiger partial charge in [0.25, 0.3) is 0 Å². The van der Waals surface area contributed by atoms with Crippen molar-refractivity contribution < 1.29 is 23.1 Å². The van der Waals surface area contributed by atoms with E-state index in [0.29, 0.717) is 6.42 Å². The van der Waals surface area contributed by atoms with Crippen LogP contribution in [0.1, 0.15) is 34.1 Å². The summed E-state index contributed by atoms with van der Waals surface area (Å²) < 4.78 is 25.0. The van der Waals surface area contributed by atoms with Crippen LogP contribution in [0, 0.1) is 5.92 Å². The highest BCUT2D eigenvalue weighted by Crippen LogP contribution is 2.08. The third-order valence-corrected chi connectivity index (χ3v) is 5.14. The van der Waals surface area contributed by atoms with E-state index in [-0.39, 0.29) is 19.0 Å². The number of carbonyl (C=O) groups excluding carboxylic acids is 1. The van der Waals surface area contributed by atoms with E-state index in [1.165, 1.54) is 4.31 Å². The lowest BCUT2D eigenvalue weighted by molar-refractivity contribution is -0.143. The zero-order chi connectivity index (χ0) is 15.9. The molecule has 0 aromatic heterocycles. The highest BCUT2D eigenvalue weighted by atomic mass is 32.2. The Labute approximate surface area is 120 Å². The van der Waals surface area contributed by atoms with E-state index in [9.17, 15) is 18.0 Å². The summed E-state index contributed by atoms with van der Waals surface area (Å²) in [5.74, 6) is -2.94. The molecule has 118 valence electrons. The summed E-state index contributed by atoms with van der Waals surface area (Å²) in [7, 11) is -3.70. The Bertz CT molecular complexity index is 431. The topological polar surface area (TPSA) is 104 Å². The molecule has 0 rings (SSSR count). The van der Waals surface area contributed by atoms with Crippen molar-refractivity contribution in [2.45, 2.75) is 40.2 Å². The fourth-order valence-electron chi connectivity index (χ4n) is 1.77. The van der Waals surface area contributed by atoms with E-state index < -0.39 is 33.7 Å². The molecule has 0 saturated heterocycles. The summed E-state index contributed by atoms with van der Waals surface area (Å²) in [6.45, 7) is 7.41. The van der Waals surface area contributed by atoms with Crippen molar-refractivity contribution in [3.63, 3.8) is 0 Å². The quantitative estimate of drug-likeness (QED) is 0.636. The molecule has 0 fully saturated rings. The molecule has 0 aliphatic rings. The Balaban J connectivity index is 4.81. The van der Waals surface area contributed by atoms with Crippen molar-refractivity contribution in [3.8, 4) is 0 Å². The standard InChI is InChI=1S/C12H24N2O5S/c1-5-9(4)11(12(16)17)13-10(15)8-20(18,19)14(6-2)7-3/h9,11H,5-8H2,1-4H3,(H,13,15)(H,16,17)/t9-,11-/m0/s1. The summed E-state index contributed by atoms with van der Waals surface area (Å²) in [4.78, 5) is 22.8. The number of rotatable bonds is 9. The largest absolute Gasteiger partial charge is 0.480 e. The van der Waals surface area contributed by atoms with Crippen molar-refractivity contribution in [1.29, 1.82) is 0 Å². The first-order valence-electron chi connectivity index (χ1n) is 6.69. The van der Waals surface area contributed by atoms with Crippen molar-refractivity contribution >= 4 is 21.9 Å². The van der Waals surface area contributed by atoms with Crippen molar-refractivity contribution in [3.05, 3.63) is 0 Å². The average molecular weight is 308 g/mol. The highest BCUT2D eigenvalue weighted by molar-refractivity contribution is 7.89. The number of nitrogens with zero attached hydrogens (tertiary/aromatic N) is 1. The summed E-state index contributed by atoms with van der Waals surface area (Å²) in [6, 6.07) is -1.07. The maximum atomic E-state index is 11.9. The number of carboxylic acid groups (broad SMARTS) is 1. The third-order valence-electron chi connectivity index (χ3n) is 3.21. The van der Waals surface area contributed by atoms with Gasteiger partial charge in [0.1, 0.15) is 11.8 Å². The second-order valence-corrected chi connectivity index (χ2v) is 6.58. The second-order valence-electron chi connectivity index (χ2n) is 4.61. The van der Waals surface area contributed by atoms with Gasteiger partial charge in [-0.05, 0) is 5.92 Å². The molecule has 8 heteroatoms. The van der Waals surface area contributed by atoms with Gasteiger partial charge in [0, 0.05) is 13.1 Å². The normalized spacial score (nSPS) is 14.8. The smallest absolute Gasteiger partial charge is 0.326 e. The van der Waals surface area contributed by atoms with Crippen LogP contribution in [0.4, 0.5) is 0 Å². The molecule has 0 spiro atoms. The van der Waals surface area contributed by atoms with Gasteiger partial charge in [0.2, 0.25) is 15.9 Å². The first-order chi connectivity index (χ1) is 9.19. The molecule has 2 atom stereocenters. The third kappa shape index (κ3) is 5.46. The summed E-state index contributed by atoms with van der Waals surface area (Å²) >= 11 is 0. The van der Waals surface area contributed by atoms with Gasteiger partial charge >= 0.3 is 5.97 Å². The maximum absolute atomic E-state index is 11.9. The number of carbonyl (C=O) groups is 2. The molecule has 0 bridgehead atoms. The van der Waals surface area contributed by atoms with E-state index in [4.69, 9.17) is 5.11 Å². The van der Waals surface area contributed by atoms with Crippen molar-refractivity contribution in [1.82, 2.24) is 9.62 Å². The van der Waals surface area contributed by atoms with E-state index in [1.54, 1.807) is 27.7 Å². The molecular formula is C12H24N2O5S. The molecule has 7 nitrogen and oxygen atoms in total. The number of nitrogens with one attached hydrogen (secondary N) is 1. The van der Waals surface area contributed by atoms with Gasteiger partial charge in [0.15, 0.2) is 0 Å². The SMILES string of the molecule is CC[C@H](C)[C@H](NC(=O)CS(=O)(=O)N(CC)CC)C(=O)O. The van der Waals surface area contributed by atoms with Crippen molar-refractivity contribution in [2.75, 3.05) is 18.8 Å². The lowest BCUT2D eigenvalue weighted by Crippen LogP contribution is -2.48. The molecule has 0 radical (unpaired) electrons. The Morgan fingerprint density at radius 1 is 1.20 bits per heavy atom. The van der Waals surface area contributed by atoms with Crippen molar-refractivity contribution in [2.24, 2.45) is 5.92 Å². The van der Waals surface area contributed by atoms with Gasteiger partial charge in [-0.1, -0.05) is 34.1 Å². The van der Waals surface area contributed by atoms with Crippen LogP contribution in [0.2, 0.25) is 0 Å². The molecule has 0 aliphatic heterocycles. The summed E-state index contributed by atoms with van der Waals surface area (Å²) in [5, 5.41) is 11.3. The summed E-state index contributed by atoms with van der Waals surface area (Å²) in [6.07, 6.45) is 0.569. The molecule has 2 N–H and O–H groups in total. The molecule has 20 heavy (non-hydrogen) atoms. The van der Waals surface area contributed by atoms with Crippen LogP contribution in [0.5, 0.6) is 0 Å². The number of hydrogen-bond acceptors (Lipinski definition) is 4. The van der Waals surface area contributed by atoms with E-state index in [2.05, 4.69) is 5.32 Å². The van der Waals surface area contributed by atoms with Gasteiger partial charge in [-0.25, -0.2) is 17.5 Å². The molecule has 0 aromatic rings. The van der Waals surface area contributed by atoms with Gasteiger partial charge in [-0.15, -0.1) is 0 Å².